The number of thioether (sulfide) groups is 1. The number of oxime groups is 1. The minimum absolute atomic E-state index is 0.0245. The Morgan fingerprint density at radius 2 is 2.16 bits per heavy atom. The van der Waals surface area contributed by atoms with Crippen LogP contribution in [0.3, 0.4) is 0 Å². The molecule has 1 saturated heterocycles. The molecule has 0 aromatic carbocycles. The molecule has 5 N–H and O–H groups in total. The first-order chi connectivity index (χ1) is 17.8. The fraction of sp³-hybridized carbons (Fsp3) is 0.238. The summed E-state index contributed by atoms with van der Waals surface area (Å²) in [6.07, 6.45) is 12.8. The fourth-order valence-electron chi connectivity index (χ4n) is 3.50. The Morgan fingerprint density at radius 1 is 1.35 bits per heavy atom. The number of hydrazine groups is 1. The van der Waals surface area contributed by atoms with E-state index < -0.39 is 11.9 Å². The van der Waals surface area contributed by atoms with Crippen molar-refractivity contribution in [2.75, 3.05) is 31.0 Å². The number of aliphatic carboxylic acids is 1. The van der Waals surface area contributed by atoms with Gasteiger partial charge in [0.2, 0.25) is 17.0 Å². The van der Waals surface area contributed by atoms with Gasteiger partial charge in [-0.1, -0.05) is 11.2 Å². The Hall–Kier alpha value is -4.31. The predicted molar refractivity (Wildman–Crippen MR) is 138 cm³/mol. The monoisotopic (exact) mass is 545 g/mol. The summed E-state index contributed by atoms with van der Waals surface area (Å²) in [5, 5.41) is 17.2. The van der Waals surface area contributed by atoms with Crippen molar-refractivity contribution < 1.29 is 24.3 Å². The van der Waals surface area contributed by atoms with Crippen molar-refractivity contribution in [2.45, 2.75) is 11.8 Å². The lowest BCUT2D eigenvalue weighted by Crippen LogP contribution is -2.53. The Labute approximate surface area is 219 Å². The molecule has 5 rings (SSSR count). The van der Waals surface area contributed by atoms with E-state index in [9.17, 15) is 19.5 Å². The largest absolute Gasteiger partial charge is 0.477 e. The molecule has 37 heavy (non-hydrogen) atoms. The van der Waals surface area contributed by atoms with E-state index >= 15 is 0 Å². The van der Waals surface area contributed by atoms with E-state index in [-0.39, 0.29) is 22.9 Å². The first-order valence-corrected chi connectivity index (χ1v) is 12.5. The van der Waals surface area contributed by atoms with Gasteiger partial charge < -0.3 is 20.6 Å². The highest BCUT2D eigenvalue weighted by Crippen LogP contribution is 2.40. The molecular formula is C21H23N9O5S2. The highest BCUT2D eigenvalue weighted by Gasteiger charge is 2.44. The summed E-state index contributed by atoms with van der Waals surface area (Å²) >= 11 is 2.60. The zero-order valence-corrected chi connectivity index (χ0v) is 21.3. The van der Waals surface area contributed by atoms with E-state index in [0.29, 0.717) is 22.9 Å². The first-order valence-electron chi connectivity index (χ1n) is 10.7. The lowest BCUT2D eigenvalue weighted by Gasteiger charge is -2.43. The summed E-state index contributed by atoms with van der Waals surface area (Å²) in [5.41, 5.74) is 10.1. The molecule has 2 amide bonds. The van der Waals surface area contributed by atoms with Crippen molar-refractivity contribution in [3.8, 4) is 0 Å². The second-order valence-corrected chi connectivity index (χ2v) is 9.60. The number of nitrogens with zero attached hydrogens (tertiary/aromatic N) is 6. The molecule has 0 unspecified atom stereocenters. The van der Waals surface area contributed by atoms with Gasteiger partial charge in [0.15, 0.2) is 0 Å². The minimum Gasteiger partial charge on any atom is -0.477 e. The molecule has 14 nitrogen and oxygen atoms in total. The van der Waals surface area contributed by atoms with Crippen LogP contribution in [0.25, 0.3) is 0 Å². The van der Waals surface area contributed by atoms with Gasteiger partial charge in [0.1, 0.15) is 24.8 Å². The van der Waals surface area contributed by atoms with Crippen LogP contribution in [0.4, 0.5) is 11.1 Å². The zero-order valence-electron chi connectivity index (χ0n) is 19.7. The molecule has 194 valence electrons. The van der Waals surface area contributed by atoms with Crippen LogP contribution in [0, 0.1) is 0 Å². The number of carboxylic acids is 1. The van der Waals surface area contributed by atoms with Gasteiger partial charge in [-0.2, -0.15) is 9.36 Å². The third-order valence-electron chi connectivity index (χ3n) is 5.21. The lowest BCUT2D eigenvalue weighted by atomic mass is 10.1. The number of nitrogens with one attached hydrogen (secondary N) is 2. The quantitative estimate of drug-likeness (QED) is 0.225. The number of nitrogen functional groups attached to an aromatic ring is 1. The van der Waals surface area contributed by atoms with Crippen molar-refractivity contribution in [2.24, 2.45) is 5.16 Å². The van der Waals surface area contributed by atoms with Crippen LogP contribution in [0.1, 0.15) is 6.42 Å². The number of anilines is 2. The Morgan fingerprint density at radius 3 is 2.84 bits per heavy atom. The molecule has 5 heterocycles. The number of hydrogen-bond donors (Lipinski definition) is 4. The van der Waals surface area contributed by atoms with E-state index in [1.54, 1.807) is 17.8 Å². The minimum atomic E-state index is -1.05. The van der Waals surface area contributed by atoms with E-state index in [4.69, 9.17) is 5.73 Å². The molecule has 1 aromatic heterocycles. The van der Waals surface area contributed by atoms with Crippen molar-refractivity contribution in [3.05, 3.63) is 59.5 Å². The van der Waals surface area contributed by atoms with Crippen LogP contribution < -0.4 is 16.5 Å². The second kappa shape index (κ2) is 11.2. The van der Waals surface area contributed by atoms with Crippen molar-refractivity contribution >= 4 is 58.4 Å². The second-order valence-electron chi connectivity index (χ2n) is 7.65. The molecule has 4 aliphatic heterocycles. The van der Waals surface area contributed by atoms with Crippen LogP contribution in [0.2, 0.25) is 0 Å². The van der Waals surface area contributed by atoms with E-state index in [0.717, 1.165) is 29.3 Å². The number of β-lactam (4-membered cyclic amide) rings is 1. The summed E-state index contributed by atoms with van der Waals surface area (Å²) in [7, 11) is 3.30. The summed E-state index contributed by atoms with van der Waals surface area (Å²) in [4.78, 5) is 45.6. The number of carbonyl (C=O) groups is 3. The standard InChI is InChI=1S/C16H16N4O3S.C5H7N5O2S/c1-18-6-7-19-12(18)5-4-11(17-19)3-2-10-9-24-14-8-13(21)20(14)15(10)16(22)23;1-12-7-2-3(11)8-5-9-4(6)13-10-5/h2-7,14,17H,8-9H2,1H3,(H,22,23);2H,1H3,(H3,6,8,9,10,11)/b3-2+;7-2-/t14-;/m0./s1. The van der Waals surface area contributed by atoms with Gasteiger partial charge in [-0.15, -0.1) is 11.8 Å². The van der Waals surface area contributed by atoms with Gasteiger partial charge in [-0.3, -0.25) is 25.2 Å². The summed E-state index contributed by atoms with van der Waals surface area (Å²) in [6, 6.07) is 0. The number of carboxylic acid groups (broad SMARTS) is 1. The highest BCUT2D eigenvalue weighted by molar-refractivity contribution is 8.00. The Balaban J connectivity index is 0.000000209. The van der Waals surface area contributed by atoms with E-state index in [2.05, 4.69) is 30.1 Å². The maximum atomic E-state index is 11.7. The lowest BCUT2D eigenvalue weighted by molar-refractivity contribution is -0.146. The molecular weight excluding hydrogens is 522 g/mol. The molecule has 0 aliphatic carbocycles. The molecule has 16 heteroatoms. The van der Waals surface area contributed by atoms with Crippen molar-refractivity contribution in [1.82, 2.24) is 29.6 Å². The number of carbonyl (C=O) groups excluding carboxylic acids is 2. The predicted octanol–water partition coefficient (Wildman–Crippen LogP) is 0.840. The zero-order chi connectivity index (χ0) is 26.5. The van der Waals surface area contributed by atoms with Crippen molar-refractivity contribution in [3.63, 3.8) is 0 Å². The maximum absolute atomic E-state index is 11.7. The Bertz CT molecular complexity index is 1280. The van der Waals surface area contributed by atoms with Crippen LogP contribution in [-0.4, -0.2) is 78.6 Å². The molecule has 0 saturated carbocycles. The third-order valence-corrected chi connectivity index (χ3v) is 6.99. The van der Waals surface area contributed by atoms with Crippen LogP contribution in [0.15, 0.2) is 64.6 Å². The number of hydrogen-bond acceptors (Lipinski definition) is 13. The van der Waals surface area contributed by atoms with Gasteiger partial charge in [-0.05, 0) is 23.8 Å². The summed E-state index contributed by atoms with van der Waals surface area (Å²) in [5.74, 6) is 0.121. The average Bonchev–Trinajstić information content (AvgIpc) is 3.45. The summed E-state index contributed by atoms with van der Waals surface area (Å²) in [6.45, 7) is 0. The number of fused-ring (bicyclic) bond motifs is 2. The molecule has 1 atom stereocenters. The smallest absolute Gasteiger partial charge is 0.352 e. The molecule has 0 spiro atoms. The topological polar surface area (TPSA) is 179 Å². The van der Waals surface area contributed by atoms with Crippen LogP contribution in [-0.2, 0) is 19.2 Å². The molecule has 0 bridgehead atoms. The third kappa shape index (κ3) is 5.92. The molecule has 1 fully saturated rings. The van der Waals surface area contributed by atoms with Gasteiger partial charge in [0.25, 0.3) is 5.91 Å². The highest BCUT2D eigenvalue weighted by atomic mass is 32.2. The summed E-state index contributed by atoms with van der Waals surface area (Å²) < 4.78 is 3.73. The Kier molecular flexibility index (Phi) is 7.78. The van der Waals surface area contributed by atoms with Crippen LogP contribution in [0.5, 0.6) is 0 Å². The molecule has 1 aromatic rings. The number of rotatable bonds is 6. The number of amides is 2. The fourth-order valence-corrected chi connectivity index (χ4v) is 5.13. The number of allylic oxidation sites excluding steroid dienone is 4. The van der Waals surface area contributed by atoms with E-state index in [1.165, 1.54) is 12.0 Å². The number of aromatic nitrogens is 2. The normalized spacial score (nSPS) is 20.0. The van der Waals surface area contributed by atoms with Gasteiger partial charge in [-0.25, -0.2) is 9.80 Å². The van der Waals surface area contributed by atoms with Crippen molar-refractivity contribution in [1.29, 1.82) is 0 Å². The van der Waals surface area contributed by atoms with Gasteiger partial charge in [0.05, 0.1) is 17.5 Å². The maximum Gasteiger partial charge on any atom is 0.352 e. The first kappa shape index (κ1) is 25.8. The van der Waals surface area contributed by atoms with Crippen LogP contribution >= 0.6 is 23.3 Å². The SMILES string of the molecule is CN1C=CN2NC(/C=C/C3=C(C(=O)O)N4C(=O)C[C@@H]4SC3)=CC=C12.CO/N=C\C(=O)Nc1nsc(N)n1. The van der Waals surface area contributed by atoms with Gasteiger partial charge >= 0.3 is 5.97 Å². The number of nitrogens with two attached hydrogens (primary N) is 1. The molecule has 4 aliphatic rings. The van der Waals surface area contributed by atoms with E-state index in [1.807, 2.05) is 47.6 Å². The average molecular weight is 546 g/mol. The van der Waals surface area contributed by atoms with Gasteiger partial charge in [0, 0.05) is 36.7 Å². The molecule has 0 radical (unpaired) electrons.